The summed E-state index contributed by atoms with van der Waals surface area (Å²) in [6, 6.07) is 0. The maximum Gasteiger partial charge on any atom is -0.00583 e. The van der Waals surface area contributed by atoms with Crippen LogP contribution in [0.1, 0.15) is 70.6 Å². The van der Waals surface area contributed by atoms with Crippen LogP contribution in [0.5, 0.6) is 0 Å². The molecule has 102 valence electrons. The standard InChI is InChI=1S/C19H26/c1-2-4-6-8-13-18-16(11-7-5-3-1)15-17-12-9-10-14-19(17)18/h3,5,7,11H,1-2,4,6,8-10,12-15H2/b5-3-,11-7-. The number of allylic oxidation sites excluding steroid dienone is 8. The molecule has 0 aromatic heterocycles. The highest BCUT2D eigenvalue weighted by Crippen LogP contribution is 2.43. The fourth-order valence-corrected chi connectivity index (χ4v) is 3.79. The number of hydrogen-bond acceptors (Lipinski definition) is 0. The predicted octanol–water partition coefficient (Wildman–Crippen LogP) is 6.02. The van der Waals surface area contributed by atoms with Gasteiger partial charge in [-0.3, -0.25) is 0 Å². The van der Waals surface area contributed by atoms with Gasteiger partial charge in [0.15, 0.2) is 0 Å². The van der Waals surface area contributed by atoms with Crippen LogP contribution in [0, 0.1) is 0 Å². The van der Waals surface area contributed by atoms with Crippen LogP contribution in [0.2, 0.25) is 0 Å². The van der Waals surface area contributed by atoms with Gasteiger partial charge in [0.2, 0.25) is 0 Å². The van der Waals surface area contributed by atoms with Crippen molar-refractivity contribution in [1.29, 1.82) is 0 Å². The topological polar surface area (TPSA) is 0 Å². The third kappa shape index (κ3) is 3.11. The highest BCUT2D eigenvalue weighted by Gasteiger charge is 2.24. The molecule has 0 radical (unpaired) electrons. The summed E-state index contributed by atoms with van der Waals surface area (Å²) in [7, 11) is 0. The van der Waals surface area contributed by atoms with Crippen molar-refractivity contribution in [3.63, 3.8) is 0 Å². The van der Waals surface area contributed by atoms with Crippen molar-refractivity contribution in [2.24, 2.45) is 0 Å². The first-order chi connectivity index (χ1) is 9.45. The molecular formula is C19H26. The van der Waals surface area contributed by atoms with Gasteiger partial charge < -0.3 is 0 Å². The zero-order chi connectivity index (χ0) is 12.9. The molecule has 0 bridgehead atoms. The van der Waals surface area contributed by atoms with E-state index in [0.717, 1.165) is 0 Å². The maximum atomic E-state index is 2.39. The van der Waals surface area contributed by atoms with Crippen molar-refractivity contribution in [1.82, 2.24) is 0 Å². The monoisotopic (exact) mass is 254 g/mol. The Morgan fingerprint density at radius 2 is 1.47 bits per heavy atom. The summed E-state index contributed by atoms with van der Waals surface area (Å²) >= 11 is 0. The second-order valence-corrected chi connectivity index (χ2v) is 6.21. The lowest BCUT2D eigenvalue weighted by molar-refractivity contribution is 0.635. The molecule has 0 amide bonds. The van der Waals surface area contributed by atoms with Crippen molar-refractivity contribution in [2.45, 2.75) is 70.6 Å². The van der Waals surface area contributed by atoms with Gasteiger partial charge in [-0.25, -0.2) is 0 Å². The average molecular weight is 254 g/mol. The molecule has 19 heavy (non-hydrogen) atoms. The van der Waals surface area contributed by atoms with E-state index in [0.29, 0.717) is 0 Å². The van der Waals surface area contributed by atoms with E-state index < -0.39 is 0 Å². The Bertz CT molecular complexity index is 443. The molecule has 0 atom stereocenters. The highest BCUT2D eigenvalue weighted by atomic mass is 14.3. The van der Waals surface area contributed by atoms with Gasteiger partial charge in [0.1, 0.15) is 0 Å². The molecular weight excluding hydrogens is 228 g/mol. The first-order valence-electron chi connectivity index (χ1n) is 8.21. The smallest absolute Gasteiger partial charge is 0.00583 e. The highest BCUT2D eigenvalue weighted by molar-refractivity contribution is 5.52. The molecule has 0 aromatic rings. The molecule has 0 unspecified atom stereocenters. The summed E-state index contributed by atoms with van der Waals surface area (Å²) in [4.78, 5) is 0. The van der Waals surface area contributed by atoms with Gasteiger partial charge in [0.25, 0.3) is 0 Å². The molecule has 3 rings (SSSR count). The molecule has 3 aliphatic carbocycles. The summed E-state index contributed by atoms with van der Waals surface area (Å²) in [5.41, 5.74) is 6.92. The molecule has 0 saturated heterocycles. The van der Waals surface area contributed by atoms with Gasteiger partial charge in [-0.2, -0.15) is 0 Å². The fourth-order valence-electron chi connectivity index (χ4n) is 3.79. The van der Waals surface area contributed by atoms with Crippen LogP contribution in [0.15, 0.2) is 46.6 Å². The van der Waals surface area contributed by atoms with E-state index in [1.807, 2.05) is 0 Å². The molecule has 0 nitrogen and oxygen atoms in total. The third-order valence-corrected chi connectivity index (χ3v) is 4.83. The Kier molecular flexibility index (Phi) is 4.37. The van der Waals surface area contributed by atoms with Gasteiger partial charge >= 0.3 is 0 Å². The van der Waals surface area contributed by atoms with Crippen LogP contribution in [-0.4, -0.2) is 0 Å². The van der Waals surface area contributed by atoms with Gasteiger partial charge in [0.05, 0.1) is 0 Å². The van der Waals surface area contributed by atoms with Crippen LogP contribution in [0.4, 0.5) is 0 Å². The van der Waals surface area contributed by atoms with E-state index >= 15 is 0 Å². The van der Waals surface area contributed by atoms with E-state index in [2.05, 4.69) is 24.3 Å². The Morgan fingerprint density at radius 3 is 2.47 bits per heavy atom. The fraction of sp³-hybridized carbons (Fsp3) is 0.579. The largest absolute Gasteiger partial charge is 0.0845 e. The van der Waals surface area contributed by atoms with Crippen LogP contribution < -0.4 is 0 Å². The molecule has 0 heteroatoms. The molecule has 0 spiro atoms. The van der Waals surface area contributed by atoms with Crippen LogP contribution >= 0.6 is 0 Å². The summed E-state index contributed by atoms with van der Waals surface area (Å²) in [6.07, 6.45) is 24.2. The van der Waals surface area contributed by atoms with Crippen molar-refractivity contribution in [2.75, 3.05) is 0 Å². The number of hydrogen-bond donors (Lipinski definition) is 0. The van der Waals surface area contributed by atoms with E-state index in [1.54, 1.807) is 22.3 Å². The van der Waals surface area contributed by atoms with Crippen LogP contribution in [-0.2, 0) is 0 Å². The number of rotatable bonds is 0. The first kappa shape index (κ1) is 13.0. The van der Waals surface area contributed by atoms with E-state index in [9.17, 15) is 0 Å². The molecule has 0 saturated carbocycles. The van der Waals surface area contributed by atoms with Crippen molar-refractivity contribution < 1.29 is 0 Å². The minimum absolute atomic E-state index is 1.25. The van der Waals surface area contributed by atoms with Gasteiger partial charge in [-0.1, -0.05) is 42.7 Å². The molecule has 0 N–H and O–H groups in total. The molecule has 0 aromatic carbocycles. The van der Waals surface area contributed by atoms with Crippen molar-refractivity contribution >= 4 is 0 Å². The zero-order valence-corrected chi connectivity index (χ0v) is 12.1. The molecule has 0 fully saturated rings. The Labute approximate surface area is 118 Å². The summed E-state index contributed by atoms with van der Waals surface area (Å²) in [5, 5.41) is 0. The molecule has 0 aliphatic heterocycles. The van der Waals surface area contributed by atoms with Crippen molar-refractivity contribution in [3.05, 3.63) is 46.6 Å². The first-order valence-corrected chi connectivity index (χ1v) is 8.21. The lowest BCUT2D eigenvalue weighted by atomic mass is 9.89. The second kappa shape index (κ2) is 6.41. The zero-order valence-electron chi connectivity index (χ0n) is 12.1. The Hall–Kier alpha value is -1.04. The quantitative estimate of drug-likeness (QED) is 0.495. The molecule has 3 aliphatic rings. The Balaban J connectivity index is 1.82. The van der Waals surface area contributed by atoms with Crippen LogP contribution in [0.25, 0.3) is 0 Å². The average Bonchev–Trinajstić information content (AvgIpc) is 2.77. The lowest BCUT2D eigenvalue weighted by Crippen LogP contribution is -1.97. The summed E-state index contributed by atoms with van der Waals surface area (Å²) < 4.78 is 0. The number of fused-ring (bicyclic) bond motifs is 1. The normalized spacial score (nSPS) is 28.2. The van der Waals surface area contributed by atoms with Gasteiger partial charge in [-0.05, 0) is 74.5 Å². The minimum atomic E-state index is 1.25. The molecule has 0 heterocycles. The second-order valence-electron chi connectivity index (χ2n) is 6.21. The summed E-state index contributed by atoms with van der Waals surface area (Å²) in [6.45, 7) is 0. The van der Waals surface area contributed by atoms with Crippen LogP contribution in [0.3, 0.4) is 0 Å². The van der Waals surface area contributed by atoms with E-state index in [-0.39, 0.29) is 0 Å². The van der Waals surface area contributed by atoms with E-state index in [1.165, 1.54) is 70.6 Å². The summed E-state index contributed by atoms with van der Waals surface area (Å²) in [5.74, 6) is 0. The third-order valence-electron chi connectivity index (χ3n) is 4.83. The van der Waals surface area contributed by atoms with Gasteiger partial charge in [0, 0.05) is 0 Å². The van der Waals surface area contributed by atoms with Crippen molar-refractivity contribution in [3.8, 4) is 0 Å². The Morgan fingerprint density at radius 1 is 0.684 bits per heavy atom. The minimum Gasteiger partial charge on any atom is -0.0845 e. The van der Waals surface area contributed by atoms with Gasteiger partial charge in [-0.15, -0.1) is 0 Å². The maximum absolute atomic E-state index is 2.39. The predicted molar refractivity (Wildman–Crippen MR) is 83.1 cm³/mol. The SMILES string of the molecule is C1=C\CCCCCCC2=C(\C=C/1)CC1=C2CCCC1. The van der Waals surface area contributed by atoms with E-state index in [4.69, 9.17) is 0 Å². The lowest BCUT2D eigenvalue weighted by Gasteiger charge is -2.16.